The fraction of sp³-hybridized carbons (Fsp3) is 0.711. The number of nitrogens with two attached hydrogens (primary N) is 1. The molecule has 2 saturated carbocycles. The van der Waals surface area contributed by atoms with Crippen LogP contribution in [0.25, 0.3) is 0 Å². The lowest BCUT2D eigenvalue weighted by Crippen LogP contribution is -2.79. The molecule has 8 heterocycles. The predicted octanol–water partition coefficient (Wildman–Crippen LogP) is 6.36. The van der Waals surface area contributed by atoms with Gasteiger partial charge in [-0.1, -0.05) is 69.5 Å². The third-order valence-electron chi connectivity index (χ3n) is 16.4. The van der Waals surface area contributed by atoms with Crippen LogP contribution in [0.1, 0.15) is 113 Å². The van der Waals surface area contributed by atoms with Gasteiger partial charge in [0.1, 0.15) is 5.41 Å². The first kappa shape index (κ1) is 34.7. The summed E-state index contributed by atoms with van der Waals surface area (Å²) >= 11 is 0. The van der Waals surface area contributed by atoms with Crippen molar-refractivity contribution < 1.29 is 23.9 Å². The lowest BCUT2D eigenvalue weighted by Gasteiger charge is -2.72. The van der Waals surface area contributed by atoms with Crippen LogP contribution < -0.4 is 5.73 Å². The van der Waals surface area contributed by atoms with E-state index in [4.69, 9.17) is 15.2 Å². The van der Waals surface area contributed by atoms with Gasteiger partial charge in [0.25, 0.3) is 0 Å². The molecule has 13 rings (SSSR count). The van der Waals surface area contributed by atoms with Crippen LogP contribution in [0, 0.1) is 46.3 Å². The third kappa shape index (κ3) is 4.27. The molecule has 53 heavy (non-hydrogen) atoms. The van der Waals surface area contributed by atoms with Crippen LogP contribution in [-0.4, -0.2) is 78.4 Å². The number of esters is 2. The zero-order valence-corrected chi connectivity index (χ0v) is 32.1. The lowest BCUT2D eigenvalue weighted by molar-refractivity contribution is -0.296. The van der Waals surface area contributed by atoms with E-state index in [9.17, 15) is 4.79 Å². The monoisotopic (exact) mass is 721 g/mol. The Hall–Kier alpha value is -2.81. The molecule has 12 atom stereocenters. The van der Waals surface area contributed by atoms with Crippen molar-refractivity contribution in [1.29, 1.82) is 0 Å². The van der Waals surface area contributed by atoms with Gasteiger partial charge in [-0.15, -0.1) is 0 Å². The van der Waals surface area contributed by atoms with Crippen LogP contribution in [0.2, 0.25) is 0 Å². The molecule has 12 aliphatic rings. The number of piperidine rings is 2. The molecule has 2 N–H and O–H groups in total. The number of aryl methyl sites for hydroxylation is 1. The number of rotatable bonds is 7. The Morgan fingerprint density at radius 3 is 2.51 bits per heavy atom. The number of fused-ring (bicyclic) bond motifs is 2. The van der Waals surface area contributed by atoms with Crippen molar-refractivity contribution in [1.82, 2.24) is 9.80 Å². The first-order valence-electron chi connectivity index (χ1n) is 21.4. The Labute approximate surface area is 315 Å². The molecule has 0 radical (unpaired) electrons. The fourth-order valence-electron chi connectivity index (χ4n) is 14.9. The molecule has 0 amide bonds. The lowest BCUT2D eigenvalue weighted by atomic mass is 9.28. The minimum atomic E-state index is -1.11. The molecule has 4 aliphatic carbocycles. The summed E-state index contributed by atoms with van der Waals surface area (Å²) in [4.78, 5) is 50.6. The van der Waals surface area contributed by atoms with E-state index in [0.717, 1.165) is 75.0 Å². The molecular weight excluding hydrogens is 663 g/mol. The van der Waals surface area contributed by atoms with Crippen LogP contribution in [0.5, 0.6) is 0 Å². The van der Waals surface area contributed by atoms with Gasteiger partial charge in [0.05, 0.1) is 11.0 Å². The summed E-state index contributed by atoms with van der Waals surface area (Å²) in [7, 11) is 0. The van der Waals surface area contributed by atoms with Gasteiger partial charge in [-0.2, -0.15) is 0 Å². The zero-order chi connectivity index (χ0) is 36.4. The van der Waals surface area contributed by atoms with Crippen LogP contribution in [0.15, 0.2) is 41.5 Å². The first-order chi connectivity index (χ1) is 25.7. The van der Waals surface area contributed by atoms with Crippen LogP contribution in [0.4, 0.5) is 0 Å². The maximum absolute atomic E-state index is 15.3. The Balaban J connectivity index is 1.22. The molecule has 1 aromatic carbocycles. The second-order valence-corrected chi connectivity index (χ2v) is 18.8. The summed E-state index contributed by atoms with van der Waals surface area (Å²) in [6, 6.07) is 6.72. The van der Waals surface area contributed by atoms with Gasteiger partial charge in [0, 0.05) is 62.1 Å². The summed E-state index contributed by atoms with van der Waals surface area (Å²) in [5.74, 6) is 1.73. The van der Waals surface area contributed by atoms with Gasteiger partial charge in [-0.25, -0.2) is 4.79 Å². The predicted molar refractivity (Wildman–Crippen MR) is 202 cm³/mol. The highest BCUT2D eigenvalue weighted by molar-refractivity contribution is 6.02. The Morgan fingerprint density at radius 2 is 1.75 bits per heavy atom. The SMILES string of the molecule is CCC[C@@H]1CC(=O)[C@@H]2OC(=O)[C@@]34C5=C(CC[C@@]23[C@@]2(OC(=O)c3c(CCCN)cccc32)[C@H]4CCC)[C@@H]2C(CC[C@@H](C)[C@@H]2C=C5)N2C[C@H]3C[C@H](C2)CN1C3. The Bertz CT molecular complexity index is 1790. The van der Waals surface area contributed by atoms with E-state index in [2.05, 4.69) is 54.9 Å². The van der Waals surface area contributed by atoms with Gasteiger partial charge in [-0.3, -0.25) is 19.4 Å². The topological polar surface area (TPSA) is 102 Å². The van der Waals surface area contributed by atoms with E-state index in [1.165, 1.54) is 24.8 Å². The van der Waals surface area contributed by atoms with Crippen molar-refractivity contribution in [2.75, 3.05) is 32.7 Å². The summed E-state index contributed by atoms with van der Waals surface area (Å²) in [5.41, 5.74) is 7.86. The molecule has 8 heteroatoms. The number of hydrogen-bond donors (Lipinski definition) is 1. The van der Waals surface area contributed by atoms with Crippen molar-refractivity contribution in [2.24, 2.45) is 52.1 Å². The van der Waals surface area contributed by atoms with Crippen molar-refractivity contribution in [2.45, 2.75) is 122 Å². The number of carbonyl (C=O) groups excluding carboxylic acids is 3. The number of hydrogen-bond acceptors (Lipinski definition) is 8. The molecule has 8 nitrogen and oxygen atoms in total. The molecule has 1 unspecified atom stereocenters. The largest absolute Gasteiger partial charge is 0.453 e. The van der Waals surface area contributed by atoms with Crippen molar-refractivity contribution in [3.8, 4) is 0 Å². The molecule has 2 spiro atoms. The summed E-state index contributed by atoms with van der Waals surface area (Å²) in [5, 5.41) is 0. The average Bonchev–Trinajstić information content (AvgIpc) is 3.61. The van der Waals surface area contributed by atoms with E-state index in [0.29, 0.717) is 73.4 Å². The van der Waals surface area contributed by atoms with Gasteiger partial charge in [-0.05, 0) is 99.1 Å². The first-order valence-corrected chi connectivity index (χ1v) is 21.4. The van der Waals surface area contributed by atoms with Crippen molar-refractivity contribution in [3.05, 3.63) is 58.2 Å². The molecule has 10 bridgehead atoms. The van der Waals surface area contributed by atoms with Crippen LogP contribution in [0.3, 0.4) is 0 Å². The van der Waals surface area contributed by atoms with Gasteiger partial charge >= 0.3 is 11.9 Å². The quantitative estimate of drug-likeness (QED) is 0.325. The maximum Gasteiger partial charge on any atom is 0.339 e. The smallest absolute Gasteiger partial charge is 0.339 e. The minimum absolute atomic E-state index is 0.0231. The highest BCUT2D eigenvalue weighted by Crippen LogP contribution is 2.85. The molecular formula is C45H59N3O5. The number of ether oxygens (including phenoxy) is 2. The Morgan fingerprint density at radius 1 is 0.981 bits per heavy atom. The number of benzene rings is 1. The number of Topliss-reactive ketones (excluding diaryl/α,β-unsaturated/α-hetero) is 1. The third-order valence-corrected chi connectivity index (χ3v) is 16.4. The number of ketones is 1. The second kappa shape index (κ2) is 12.3. The number of allylic oxidation sites excluding steroid dienone is 2. The minimum Gasteiger partial charge on any atom is -0.453 e. The molecule has 7 fully saturated rings. The van der Waals surface area contributed by atoms with Gasteiger partial charge in [0.15, 0.2) is 17.5 Å². The second-order valence-electron chi connectivity index (χ2n) is 18.8. The summed E-state index contributed by atoms with van der Waals surface area (Å²) in [6.45, 7) is 11.7. The Kier molecular flexibility index (Phi) is 8.07. The maximum atomic E-state index is 15.3. The van der Waals surface area contributed by atoms with E-state index < -0.39 is 22.5 Å². The normalized spacial score (nSPS) is 45.8. The van der Waals surface area contributed by atoms with Gasteiger partial charge < -0.3 is 15.2 Å². The van der Waals surface area contributed by atoms with Crippen molar-refractivity contribution >= 4 is 17.7 Å². The molecule has 8 aliphatic heterocycles. The molecule has 5 saturated heterocycles. The number of nitrogens with zero attached hydrogens (tertiary/aromatic N) is 2. The average molecular weight is 722 g/mol. The van der Waals surface area contributed by atoms with E-state index in [-0.39, 0.29) is 29.7 Å². The van der Waals surface area contributed by atoms with E-state index >= 15 is 9.59 Å². The molecule has 1 aromatic rings. The van der Waals surface area contributed by atoms with Gasteiger partial charge in [0.2, 0.25) is 0 Å². The molecule has 284 valence electrons. The fourth-order valence-corrected chi connectivity index (χ4v) is 14.9. The summed E-state index contributed by atoms with van der Waals surface area (Å²) < 4.78 is 13.7. The summed E-state index contributed by atoms with van der Waals surface area (Å²) in [6.07, 6.45) is 14.2. The number of carbonyl (C=O) groups is 3. The van der Waals surface area contributed by atoms with Crippen LogP contribution >= 0.6 is 0 Å². The van der Waals surface area contributed by atoms with E-state index in [1.807, 2.05) is 6.07 Å². The standard InChI is InChI=1S/C45H59N3O5/c1-4-8-30-21-36(49)40-43-18-17-32-33(15-14-31-26(3)13-16-35(39(31)32)48-24-27-20-28(25-48)23-47(30)22-27)44(43,42(51)52-40)37(9-5-2)45(43)34-12-6-10-29(11-7-19-46)38(34)41(50)53-45/h6,10,12,14-15,26-28,30-31,35,37,39-40H,4-5,7-9,11,13,16-25,46H2,1-3H3/t26-,27+,28+,30-,31+,35?,37+,39-,40+,43-,44+,45+/m1/s1. The van der Waals surface area contributed by atoms with Crippen LogP contribution in [-0.2, 0) is 31.1 Å². The zero-order valence-electron chi connectivity index (χ0n) is 32.1. The molecule has 0 aromatic heterocycles. The van der Waals surface area contributed by atoms with E-state index in [1.54, 1.807) is 0 Å². The van der Waals surface area contributed by atoms with Crippen molar-refractivity contribution in [3.63, 3.8) is 0 Å². The highest BCUT2D eigenvalue weighted by Gasteiger charge is 2.94. The highest BCUT2D eigenvalue weighted by atomic mass is 16.6.